The van der Waals surface area contributed by atoms with Crippen LogP contribution in [-0.4, -0.2) is 18.7 Å². The largest absolute Gasteiger partial charge is 0.375 e. The highest BCUT2D eigenvalue weighted by Gasteiger charge is 2.33. The van der Waals surface area contributed by atoms with Gasteiger partial charge in [-0.2, -0.15) is 0 Å². The van der Waals surface area contributed by atoms with E-state index in [0.29, 0.717) is 15.0 Å². The highest BCUT2D eigenvalue weighted by atomic mass is 32.2. The van der Waals surface area contributed by atoms with Gasteiger partial charge in [-0.25, -0.2) is 13.4 Å². The lowest BCUT2D eigenvalue weighted by Crippen LogP contribution is -2.17. The van der Waals surface area contributed by atoms with Gasteiger partial charge in [-0.1, -0.05) is 24.2 Å². The molecule has 0 saturated heterocycles. The maximum atomic E-state index is 12.2. The lowest BCUT2D eigenvalue weighted by Gasteiger charge is -2.08. The molecule has 1 aromatic heterocycles. The first-order valence-electron chi connectivity index (χ1n) is 4.98. The smallest absolute Gasteiger partial charge is 0.192 e. The molecule has 4 nitrogen and oxygen atoms in total. The van der Waals surface area contributed by atoms with Crippen LogP contribution >= 0.6 is 11.3 Å². The minimum Gasteiger partial charge on any atom is -0.375 e. The fourth-order valence-corrected chi connectivity index (χ4v) is 5.43. The molecule has 0 radical (unpaired) electrons. The van der Waals surface area contributed by atoms with Crippen LogP contribution in [-0.2, 0) is 9.84 Å². The van der Waals surface area contributed by atoms with Crippen molar-refractivity contribution in [1.29, 1.82) is 0 Å². The number of thiazole rings is 1. The predicted molar refractivity (Wildman–Crippen MR) is 60.7 cm³/mol. The van der Waals surface area contributed by atoms with Crippen molar-refractivity contribution in [3.05, 3.63) is 5.69 Å². The molecular formula is C9H14N2O2S2. The van der Waals surface area contributed by atoms with Crippen LogP contribution in [0.2, 0.25) is 0 Å². The molecular weight excluding hydrogens is 232 g/mol. The molecule has 0 amide bonds. The number of nitrogens with two attached hydrogens (primary N) is 1. The van der Waals surface area contributed by atoms with Crippen molar-refractivity contribution in [3.8, 4) is 0 Å². The van der Waals surface area contributed by atoms with Gasteiger partial charge in [0.1, 0.15) is 4.21 Å². The van der Waals surface area contributed by atoms with Crippen LogP contribution in [0.5, 0.6) is 0 Å². The second kappa shape index (κ2) is 3.75. The van der Waals surface area contributed by atoms with E-state index in [0.717, 1.165) is 37.0 Å². The van der Waals surface area contributed by atoms with Gasteiger partial charge < -0.3 is 5.73 Å². The maximum absolute atomic E-state index is 12.2. The highest BCUT2D eigenvalue weighted by molar-refractivity contribution is 7.94. The Balaban J connectivity index is 2.40. The summed E-state index contributed by atoms with van der Waals surface area (Å²) in [4.78, 5) is 3.97. The quantitative estimate of drug-likeness (QED) is 0.862. The topological polar surface area (TPSA) is 73.0 Å². The summed E-state index contributed by atoms with van der Waals surface area (Å²) in [7, 11) is -3.17. The molecule has 1 fully saturated rings. The van der Waals surface area contributed by atoms with E-state index in [9.17, 15) is 8.42 Å². The summed E-state index contributed by atoms with van der Waals surface area (Å²) < 4.78 is 24.7. The van der Waals surface area contributed by atoms with Crippen LogP contribution in [0.25, 0.3) is 0 Å². The molecule has 2 N–H and O–H groups in total. The van der Waals surface area contributed by atoms with Gasteiger partial charge in [0.2, 0.25) is 0 Å². The van der Waals surface area contributed by atoms with Crippen molar-refractivity contribution in [2.45, 2.75) is 42.1 Å². The van der Waals surface area contributed by atoms with Gasteiger partial charge in [0.05, 0.1) is 10.9 Å². The molecule has 0 aliphatic heterocycles. The third-order valence-electron chi connectivity index (χ3n) is 2.77. The van der Waals surface area contributed by atoms with Crippen LogP contribution in [0.15, 0.2) is 4.21 Å². The van der Waals surface area contributed by atoms with Gasteiger partial charge >= 0.3 is 0 Å². The first kappa shape index (κ1) is 10.9. The highest BCUT2D eigenvalue weighted by Crippen LogP contribution is 2.34. The molecule has 1 saturated carbocycles. The Bertz CT molecular complexity index is 458. The van der Waals surface area contributed by atoms with Crippen molar-refractivity contribution in [2.75, 3.05) is 5.73 Å². The van der Waals surface area contributed by atoms with Gasteiger partial charge in [-0.05, 0) is 19.8 Å². The number of hydrogen-bond acceptors (Lipinski definition) is 5. The zero-order valence-corrected chi connectivity index (χ0v) is 10.2. The first-order valence-corrected chi connectivity index (χ1v) is 7.35. The molecule has 1 aliphatic carbocycles. The van der Waals surface area contributed by atoms with E-state index >= 15 is 0 Å². The van der Waals surface area contributed by atoms with Gasteiger partial charge in [0, 0.05) is 0 Å². The summed E-state index contributed by atoms with van der Waals surface area (Å²) in [5.74, 6) is 0. The molecule has 6 heteroatoms. The third-order valence-corrected chi connectivity index (χ3v) is 6.66. The molecule has 0 spiro atoms. The van der Waals surface area contributed by atoms with E-state index in [-0.39, 0.29) is 5.25 Å². The van der Waals surface area contributed by atoms with Gasteiger partial charge in [0.15, 0.2) is 15.0 Å². The summed E-state index contributed by atoms with van der Waals surface area (Å²) in [5.41, 5.74) is 6.06. The molecule has 0 aromatic carbocycles. The maximum Gasteiger partial charge on any atom is 0.192 e. The second-order valence-corrected chi connectivity index (χ2v) is 7.33. The molecule has 1 aliphatic rings. The number of sulfone groups is 1. The molecule has 84 valence electrons. The van der Waals surface area contributed by atoms with E-state index in [4.69, 9.17) is 5.73 Å². The Labute approximate surface area is 93.4 Å². The number of anilines is 1. The zero-order valence-electron chi connectivity index (χ0n) is 8.56. The second-order valence-electron chi connectivity index (χ2n) is 3.88. The monoisotopic (exact) mass is 246 g/mol. The first-order chi connectivity index (χ1) is 7.01. The van der Waals surface area contributed by atoms with Crippen molar-refractivity contribution < 1.29 is 8.42 Å². The number of aryl methyl sites for hydroxylation is 1. The fourth-order valence-electron chi connectivity index (χ4n) is 2.02. The summed E-state index contributed by atoms with van der Waals surface area (Å²) in [5, 5.41) is 0.125. The lowest BCUT2D eigenvalue weighted by molar-refractivity contribution is 0.581. The van der Waals surface area contributed by atoms with Crippen LogP contribution in [0, 0.1) is 6.92 Å². The van der Waals surface area contributed by atoms with Gasteiger partial charge in [-0.3, -0.25) is 0 Å². The van der Waals surface area contributed by atoms with E-state index in [2.05, 4.69) is 4.98 Å². The minimum atomic E-state index is -3.17. The number of rotatable bonds is 2. The Kier molecular flexibility index (Phi) is 2.72. The van der Waals surface area contributed by atoms with Crippen LogP contribution in [0.1, 0.15) is 31.4 Å². The summed E-state index contributed by atoms with van der Waals surface area (Å²) in [6, 6.07) is 0. The van der Waals surface area contributed by atoms with Crippen molar-refractivity contribution in [3.63, 3.8) is 0 Å². The van der Waals surface area contributed by atoms with Crippen LogP contribution in [0.4, 0.5) is 5.13 Å². The standard InChI is InChI=1S/C9H14N2O2S2/c1-6-8(14-9(10)11-6)15(12,13)7-4-2-3-5-7/h7H,2-5H2,1H3,(H2,10,11). The van der Waals surface area contributed by atoms with E-state index in [1.807, 2.05) is 0 Å². The number of nitrogen functional groups attached to an aromatic ring is 1. The number of hydrogen-bond donors (Lipinski definition) is 1. The fraction of sp³-hybridized carbons (Fsp3) is 0.667. The molecule has 0 atom stereocenters. The van der Waals surface area contributed by atoms with E-state index in [1.54, 1.807) is 6.92 Å². The number of nitrogens with zero attached hydrogens (tertiary/aromatic N) is 1. The SMILES string of the molecule is Cc1nc(N)sc1S(=O)(=O)C1CCCC1. The van der Waals surface area contributed by atoms with E-state index in [1.165, 1.54) is 0 Å². The Hall–Kier alpha value is -0.620. The summed E-state index contributed by atoms with van der Waals surface area (Å²) in [6.45, 7) is 1.70. The Morgan fingerprint density at radius 3 is 2.47 bits per heavy atom. The Morgan fingerprint density at radius 2 is 2.00 bits per heavy atom. The van der Waals surface area contributed by atoms with Gasteiger partial charge in [0.25, 0.3) is 0 Å². The van der Waals surface area contributed by atoms with Crippen LogP contribution < -0.4 is 5.73 Å². The predicted octanol–water partition coefficient (Wildman–Crippen LogP) is 1.75. The molecule has 1 heterocycles. The lowest BCUT2D eigenvalue weighted by atomic mass is 10.4. The Morgan fingerprint density at radius 1 is 1.40 bits per heavy atom. The molecule has 2 rings (SSSR count). The third kappa shape index (κ3) is 1.88. The van der Waals surface area contributed by atoms with E-state index < -0.39 is 9.84 Å². The zero-order chi connectivity index (χ0) is 11.1. The summed E-state index contributed by atoms with van der Waals surface area (Å²) >= 11 is 1.09. The molecule has 1 aromatic rings. The summed E-state index contributed by atoms with van der Waals surface area (Å²) in [6.07, 6.45) is 3.58. The number of aromatic nitrogens is 1. The molecule has 0 bridgehead atoms. The van der Waals surface area contributed by atoms with Gasteiger partial charge in [-0.15, -0.1) is 0 Å². The van der Waals surface area contributed by atoms with Crippen LogP contribution in [0.3, 0.4) is 0 Å². The molecule has 15 heavy (non-hydrogen) atoms. The average Bonchev–Trinajstić information content (AvgIpc) is 2.74. The van der Waals surface area contributed by atoms with Crippen molar-refractivity contribution in [1.82, 2.24) is 4.98 Å². The minimum absolute atomic E-state index is 0.212. The van der Waals surface area contributed by atoms with Crippen molar-refractivity contribution >= 4 is 26.3 Å². The average molecular weight is 246 g/mol. The van der Waals surface area contributed by atoms with Crippen molar-refractivity contribution in [2.24, 2.45) is 0 Å². The normalized spacial score (nSPS) is 18.5. The molecule has 0 unspecified atom stereocenters.